The highest BCUT2D eigenvalue weighted by Gasteiger charge is 2.11. The minimum absolute atomic E-state index is 0.146. The third kappa shape index (κ3) is 4.63. The SMILES string of the molecule is O=C(Cc1ccc(Br)cc1)NCCc1nccn1C(F)F. The first-order valence-corrected chi connectivity index (χ1v) is 7.16. The molecule has 1 N–H and O–H groups in total. The lowest BCUT2D eigenvalue weighted by Crippen LogP contribution is -2.28. The van der Waals surface area contributed by atoms with E-state index in [1.54, 1.807) is 0 Å². The van der Waals surface area contributed by atoms with Crippen molar-refractivity contribution in [2.45, 2.75) is 19.4 Å². The summed E-state index contributed by atoms with van der Waals surface area (Å²) in [6.07, 6.45) is 3.08. The van der Waals surface area contributed by atoms with Crippen molar-refractivity contribution in [1.82, 2.24) is 14.9 Å². The molecule has 1 heterocycles. The van der Waals surface area contributed by atoms with E-state index >= 15 is 0 Å². The monoisotopic (exact) mass is 357 g/mol. The third-order valence-corrected chi connectivity index (χ3v) is 3.44. The summed E-state index contributed by atoms with van der Waals surface area (Å²) in [4.78, 5) is 15.6. The standard InChI is InChI=1S/C14H14BrF2N3O/c15-11-3-1-10(2-4-11)9-13(21)19-6-5-12-18-7-8-20(12)14(16)17/h1-4,7-8,14H,5-6,9H2,(H,19,21). The van der Waals surface area contributed by atoms with Crippen molar-refractivity contribution in [2.75, 3.05) is 6.54 Å². The van der Waals surface area contributed by atoms with E-state index in [-0.39, 0.29) is 31.1 Å². The van der Waals surface area contributed by atoms with Gasteiger partial charge in [-0.3, -0.25) is 9.36 Å². The molecule has 112 valence electrons. The summed E-state index contributed by atoms with van der Waals surface area (Å²) in [6.45, 7) is -2.33. The number of halogens is 3. The molecule has 7 heteroatoms. The fraction of sp³-hybridized carbons (Fsp3) is 0.286. The summed E-state index contributed by atoms with van der Waals surface area (Å²) in [7, 11) is 0. The van der Waals surface area contributed by atoms with Crippen molar-refractivity contribution >= 4 is 21.8 Å². The van der Waals surface area contributed by atoms with Gasteiger partial charge in [0, 0.05) is 29.8 Å². The summed E-state index contributed by atoms with van der Waals surface area (Å²) in [5.74, 6) is 0.112. The third-order valence-electron chi connectivity index (χ3n) is 2.91. The van der Waals surface area contributed by atoms with E-state index in [9.17, 15) is 13.6 Å². The quantitative estimate of drug-likeness (QED) is 0.863. The molecular weight excluding hydrogens is 344 g/mol. The van der Waals surface area contributed by atoms with Crippen LogP contribution in [0.3, 0.4) is 0 Å². The average Bonchev–Trinajstić information content (AvgIpc) is 2.90. The molecule has 0 radical (unpaired) electrons. The first-order chi connectivity index (χ1) is 10.1. The van der Waals surface area contributed by atoms with Gasteiger partial charge in [-0.25, -0.2) is 4.98 Å². The number of nitrogens with zero attached hydrogens (tertiary/aromatic N) is 2. The molecular formula is C14H14BrF2N3O. The highest BCUT2D eigenvalue weighted by molar-refractivity contribution is 9.10. The molecule has 0 saturated carbocycles. The number of alkyl halides is 2. The predicted molar refractivity (Wildman–Crippen MR) is 78.0 cm³/mol. The van der Waals surface area contributed by atoms with Crippen LogP contribution in [0, 0.1) is 0 Å². The molecule has 1 amide bonds. The lowest BCUT2D eigenvalue weighted by molar-refractivity contribution is -0.120. The normalized spacial score (nSPS) is 10.9. The van der Waals surface area contributed by atoms with E-state index < -0.39 is 6.55 Å². The van der Waals surface area contributed by atoms with Crippen molar-refractivity contribution < 1.29 is 13.6 Å². The van der Waals surface area contributed by atoms with Gasteiger partial charge in [-0.2, -0.15) is 8.78 Å². The topological polar surface area (TPSA) is 46.9 Å². The van der Waals surface area contributed by atoms with Crippen molar-refractivity contribution in [3.63, 3.8) is 0 Å². The van der Waals surface area contributed by atoms with Gasteiger partial charge in [0.25, 0.3) is 0 Å². The van der Waals surface area contributed by atoms with Gasteiger partial charge >= 0.3 is 6.55 Å². The van der Waals surface area contributed by atoms with Gasteiger partial charge in [0.1, 0.15) is 5.82 Å². The van der Waals surface area contributed by atoms with Crippen LogP contribution in [-0.2, 0) is 17.6 Å². The number of imidazole rings is 1. The predicted octanol–water partition coefficient (Wildman–Crippen LogP) is 2.94. The molecule has 0 atom stereocenters. The Morgan fingerprint density at radius 2 is 2.05 bits per heavy atom. The Labute approximate surface area is 129 Å². The Kier molecular flexibility index (Phi) is 5.44. The minimum atomic E-state index is -2.61. The van der Waals surface area contributed by atoms with E-state index in [2.05, 4.69) is 26.2 Å². The fourth-order valence-electron chi connectivity index (χ4n) is 1.88. The number of nitrogens with one attached hydrogen (secondary N) is 1. The lowest BCUT2D eigenvalue weighted by Gasteiger charge is -2.08. The van der Waals surface area contributed by atoms with Crippen LogP contribution in [0.2, 0.25) is 0 Å². The van der Waals surface area contributed by atoms with Gasteiger partial charge < -0.3 is 5.32 Å². The minimum Gasteiger partial charge on any atom is -0.355 e. The Morgan fingerprint density at radius 3 is 2.71 bits per heavy atom. The number of carbonyl (C=O) groups is 1. The Morgan fingerprint density at radius 1 is 1.33 bits per heavy atom. The largest absolute Gasteiger partial charge is 0.355 e. The Hall–Kier alpha value is -1.76. The molecule has 0 fully saturated rings. The van der Waals surface area contributed by atoms with Crippen LogP contribution in [0.5, 0.6) is 0 Å². The van der Waals surface area contributed by atoms with Crippen LogP contribution in [0.4, 0.5) is 8.78 Å². The molecule has 1 aromatic carbocycles. The van der Waals surface area contributed by atoms with Crippen molar-refractivity contribution in [3.05, 3.63) is 52.5 Å². The Balaban J connectivity index is 1.79. The van der Waals surface area contributed by atoms with Crippen molar-refractivity contribution in [2.24, 2.45) is 0 Å². The summed E-state index contributed by atoms with van der Waals surface area (Å²) in [5.41, 5.74) is 0.893. The van der Waals surface area contributed by atoms with Crippen LogP contribution in [0.25, 0.3) is 0 Å². The number of hydrogen-bond donors (Lipinski definition) is 1. The van der Waals surface area contributed by atoms with Crippen LogP contribution >= 0.6 is 15.9 Å². The van der Waals surface area contributed by atoms with E-state index in [4.69, 9.17) is 0 Å². The van der Waals surface area contributed by atoms with E-state index in [0.717, 1.165) is 14.6 Å². The number of rotatable bonds is 6. The fourth-order valence-corrected chi connectivity index (χ4v) is 2.14. The Bertz CT molecular complexity index is 599. The van der Waals surface area contributed by atoms with Gasteiger partial charge in [-0.15, -0.1) is 0 Å². The van der Waals surface area contributed by atoms with Crippen LogP contribution < -0.4 is 5.32 Å². The zero-order valence-electron chi connectivity index (χ0n) is 11.1. The summed E-state index contributed by atoms with van der Waals surface area (Å²) in [6, 6.07) is 7.43. The highest BCUT2D eigenvalue weighted by Crippen LogP contribution is 2.12. The molecule has 0 aliphatic rings. The zero-order valence-corrected chi connectivity index (χ0v) is 12.7. The number of hydrogen-bond acceptors (Lipinski definition) is 2. The maximum absolute atomic E-state index is 12.6. The van der Waals surface area contributed by atoms with Crippen molar-refractivity contribution in [1.29, 1.82) is 0 Å². The first kappa shape index (κ1) is 15.6. The second kappa shape index (κ2) is 7.31. The van der Waals surface area contributed by atoms with Gasteiger partial charge in [0.05, 0.1) is 6.42 Å². The number of aromatic nitrogens is 2. The molecule has 0 spiro atoms. The molecule has 0 aliphatic carbocycles. The maximum Gasteiger partial charge on any atom is 0.319 e. The number of amides is 1. The molecule has 0 aliphatic heterocycles. The van der Waals surface area contributed by atoms with Gasteiger partial charge in [0.15, 0.2) is 0 Å². The summed E-state index contributed by atoms with van der Waals surface area (Å²) < 4.78 is 26.9. The second-order valence-corrected chi connectivity index (χ2v) is 5.35. The van der Waals surface area contributed by atoms with Crippen LogP contribution in [0.1, 0.15) is 17.9 Å². The van der Waals surface area contributed by atoms with E-state index in [0.29, 0.717) is 0 Å². The second-order valence-electron chi connectivity index (χ2n) is 4.43. The molecule has 0 unspecified atom stereocenters. The molecule has 4 nitrogen and oxygen atoms in total. The summed E-state index contributed by atoms with van der Waals surface area (Å²) >= 11 is 3.32. The first-order valence-electron chi connectivity index (χ1n) is 6.37. The smallest absolute Gasteiger partial charge is 0.319 e. The van der Waals surface area contributed by atoms with Gasteiger partial charge in [-0.05, 0) is 17.7 Å². The molecule has 1 aromatic heterocycles. The molecule has 0 bridgehead atoms. The molecule has 2 aromatic rings. The van der Waals surface area contributed by atoms with Gasteiger partial charge in [-0.1, -0.05) is 28.1 Å². The van der Waals surface area contributed by atoms with E-state index in [1.807, 2.05) is 24.3 Å². The molecule has 21 heavy (non-hydrogen) atoms. The van der Waals surface area contributed by atoms with Crippen LogP contribution in [-0.4, -0.2) is 22.0 Å². The number of benzene rings is 1. The maximum atomic E-state index is 12.6. The molecule has 2 rings (SSSR count). The number of carbonyl (C=O) groups excluding carboxylic acids is 1. The zero-order chi connectivity index (χ0) is 15.2. The average molecular weight is 358 g/mol. The molecule has 0 saturated heterocycles. The summed E-state index contributed by atoms with van der Waals surface area (Å²) in [5, 5.41) is 2.70. The highest BCUT2D eigenvalue weighted by atomic mass is 79.9. The van der Waals surface area contributed by atoms with Gasteiger partial charge in [0.2, 0.25) is 5.91 Å². The van der Waals surface area contributed by atoms with Crippen LogP contribution in [0.15, 0.2) is 41.1 Å². The van der Waals surface area contributed by atoms with E-state index in [1.165, 1.54) is 12.4 Å². The van der Waals surface area contributed by atoms with Crippen molar-refractivity contribution in [3.8, 4) is 0 Å². The lowest BCUT2D eigenvalue weighted by atomic mass is 10.1.